The summed E-state index contributed by atoms with van der Waals surface area (Å²) in [4.78, 5) is 0. The summed E-state index contributed by atoms with van der Waals surface area (Å²) in [6.07, 6.45) is -9.19. The zero-order valence-electron chi connectivity index (χ0n) is 33.0. The minimum absolute atomic E-state index is 0. The summed E-state index contributed by atoms with van der Waals surface area (Å²) in [7, 11) is 0. The van der Waals surface area contributed by atoms with Crippen LogP contribution in [0.5, 0.6) is 0 Å². The van der Waals surface area contributed by atoms with Crippen LogP contribution in [0.2, 0.25) is 0 Å². The maximum Gasteiger partial charge on any atom is 1.00 e. The van der Waals surface area contributed by atoms with E-state index in [1.165, 1.54) is 22.8 Å². The Morgan fingerprint density at radius 2 is 1.18 bits per heavy atom. The van der Waals surface area contributed by atoms with Gasteiger partial charge in [0.15, 0.2) is 0 Å². The molecule has 55 heavy (non-hydrogen) atoms. The van der Waals surface area contributed by atoms with Crippen LogP contribution in [0.3, 0.4) is 0 Å². The van der Waals surface area contributed by atoms with Gasteiger partial charge in [0.05, 0.1) is 29.4 Å². The predicted octanol–water partition coefficient (Wildman–Crippen LogP) is 8.76. The van der Waals surface area contributed by atoms with Crippen LogP contribution in [0.15, 0.2) is 152 Å². The number of halogens is 7. The first kappa shape index (κ1) is 45.9. The third-order valence-corrected chi connectivity index (χ3v) is 17.9. The summed E-state index contributed by atoms with van der Waals surface area (Å²) in [5, 5.41) is 4.87. The zero-order chi connectivity index (χ0) is 40.4. The summed E-state index contributed by atoms with van der Waals surface area (Å²) >= 11 is 7.70. The Bertz CT molecular complexity index is 1830. The molecule has 0 bridgehead atoms. The van der Waals surface area contributed by atoms with E-state index in [1.807, 2.05) is 30.3 Å². The molecule has 1 aliphatic rings. The molecular weight excluding hydrogens is 843 g/mol. The van der Waals surface area contributed by atoms with Crippen molar-refractivity contribution in [3.05, 3.63) is 174 Å². The number of ether oxygens (including phenoxy) is 1. The number of alkyl halides is 6. The van der Waals surface area contributed by atoms with Crippen molar-refractivity contribution in [2.75, 3.05) is 26.0 Å². The van der Waals surface area contributed by atoms with Crippen molar-refractivity contribution in [2.24, 2.45) is 0 Å². The summed E-state index contributed by atoms with van der Waals surface area (Å²) < 4.78 is 91.0. The van der Waals surface area contributed by atoms with Crippen LogP contribution in [0.25, 0.3) is 0 Å². The molecule has 5 aromatic carbocycles. The maximum atomic E-state index is 13.2. The van der Waals surface area contributed by atoms with Gasteiger partial charge in [-0.25, -0.2) is 0 Å². The van der Waals surface area contributed by atoms with Gasteiger partial charge in [-0.3, -0.25) is 0 Å². The maximum absolute atomic E-state index is 13.2. The molecule has 2 nitrogen and oxygen atoms in total. The molecule has 2 atom stereocenters. The van der Waals surface area contributed by atoms with Gasteiger partial charge in [-0.15, -0.1) is 0 Å². The average molecular weight is 890 g/mol. The summed E-state index contributed by atoms with van der Waals surface area (Å²) in [5.41, 5.74) is -1.52. The molecule has 0 radical (unpaired) electrons. The molecule has 1 fully saturated rings. The zero-order valence-corrected chi connectivity index (χ0v) is 37.5. The van der Waals surface area contributed by atoms with E-state index in [1.54, 1.807) is 0 Å². The fraction of sp³-hybridized carbons (Fsp3) is 0.256. The van der Waals surface area contributed by atoms with Crippen molar-refractivity contribution in [3.63, 3.8) is 0 Å². The van der Waals surface area contributed by atoms with Crippen LogP contribution in [0, 0.1) is 0 Å². The third kappa shape index (κ3) is 11.7. The molecule has 0 unspecified atom stereocenters. The summed E-state index contributed by atoms with van der Waals surface area (Å²) in [6.45, 7) is 8.42. The fourth-order valence-corrected chi connectivity index (χ4v) is 12.1. The van der Waals surface area contributed by atoms with Crippen LogP contribution >= 0.6 is 33.4 Å². The number of hydrogen-bond acceptors (Lipinski definition) is 3. The van der Waals surface area contributed by atoms with E-state index >= 15 is 0 Å². The second kappa shape index (κ2) is 20.3. The van der Waals surface area contributed by atoms with Gasteiger partial charge in [0.25, 0.3) is 0 Å². The summed E-state index contributed by atoms with van der Waals surface area (Å²) in [5.74, 6) is 0. The van der Waals surface area contributed by atoms with Gasteiger partial charge < -0.3 is 11.5 Å². The van der Waals surface area contributed by atoms with Crippen LogP contribution in [-0.2, 0) is 22.6 Å². The van der Waals surface area contributed by atoms with Crippen molar-refractivity contribution in [1.29, 1.82) is 0 Å². The Balaban J connectivity index is 0.000000376. The molecule has 0 saturated carbocycles. The number of piperidine rings is 1. The third-order valence-electron chi connectivity index (χ3n) is 9.68. The first-order chi connectivity index (χ1) is 25.9. The topological polar surface area (TPSA) is 21.3 Å². The Morgan fingerprint density at radius 3 is 1.53 bits per heavy atom. The number of hydrogen-bond donors (Lipinski definition) is 2. The van der Waals surface area contributed by atoms with E-state index < -0.39 is 40.4 Å². The van der Waals surface area contributed by atoms with E-state index in [-0.39, 0.29) is 77.3 Å². The molecule has 6 rings (SSSR count). The smallest absolute Gasteiger partial charge is 1.00 e. The molecule has 290 valence electrons. The monoisotopic (exact) mass is 888 g/mol. The van der Waals surface area contributed by atoms with Gasteiger partial charge >= 0.3 is 198 Å². The number of nitrogens with one attached hydrogen (secondary N) is 1. The number of benzene rings is 5. The van der Waals surface area contributed by atoms with E-state index in [0.29, 0.717) is 25.1 Å². The average Bonchev–Trinajstić information content (AvgIpc) is 3.19. The molecular formula is C43H46BrF6KNOPS. The van der Waals surface area contributed by atoms with E-state index in [4.69, 9.17) is 6.11 Å². The first-order valence-electron chi connectivity index (χ1n) is 17.8. The van der Waals surface area contributed by atoms with Gasteiger partial charge in [0.1, 0.15) is 0 Å². The molecule has 0 amide bonds. The molecule has 1 aliphatic heterocycles. The van der Waals surface area contributed by atoms with Crippen LogP contribution < -0.4 is 72.6 Å². The van der Waals surface area contributed by atoms with Crippen molar-refractivity contribution >= 4 is 49.3 Å². The van der Waals surface area contributed by atoms with Gasteiger partial charge in [-0.2, -0.15) is 39.0 Å². The first-order valence-corrected chi connectivity index (χ1v) is 22.5. The molecule has 0 spiro atoms. The van der Waals surface area contributed by atoms with Crippen LogP contribution in [-0.4, -0.2) is 26.0 Å². The van der Waals surface area contributed by atoms with E-state index in [2.05, 4.69) is 138 Å². The second-order valence-electron chi connectivity index (χ2n) is 13.3. The normalized spacial score (nSPS) is 17.4. The quantitative estimate of drug-likeness (QED) is 0.0535. The molecule has 5 aromatic rings. The second-order valence-corrected chi connectivity index (χ2v) is 23.0. The van der Waals surface area contributed by atoms with Crippen molar-refractivity contribution < 1.29 is 85.3 Å². The van der Waals surface area contributed by atoms with Gasteiger partial charge in [0.2, 0.25) is 0 Å². The Morgan fingerprint density at radius 1 is 0.800 bits per heavy atom. The van der Waals surface area contributed by atoms with Crippen molar-refractivity contribution in [2.45, 2.75) is 43.8 Å². The minimum atomic E-state index is -4.90. The summed E-state index contributed by atoms with van der Waals surface area (Å²) in [6, 6.07) is 43.3. The standard InChI is InChI=1S/C23H23F6NO.C19H18BrP.CH4S.K.H/c1-15-8-9-21(30-13-15,18-6-4-3-5-7-18)14-31-16(2)17-10-19(22(24,25)26)12-20(11-17)23(27,28)29;1-21(20,17-11-5-2-6-12-17,18-13-7-3-8-14-18)19-15-9-4-10-16-19;1-2;;/h3-7,10-12,16,30H,1,8-9,13-14H2,2H3;2-16H,1H3;2H,1H3;;/q;;;+1;-1/t16-,21-;;;;/m1..../s1/i;;1D;;. The molecule has 1 heterocycles. The molecule has 1 saturated heterocycles. The molecule has 12 heteroatoms. The largest absolute Gasteiger partial charge is 1.00 e. The Labute approximate surface area is 379 Å². The van der Waals surface area contributed by atoms with E-state index in [9.17, 15) is 26.3 Å². The van der Waals surface area contributed by atoms with E-state index in [0.717, 1.165) is 17.6 Å². The molecule has 0 aromatic heterocycles. The Hall–Kier alpha value is -1.76. The number of thiol groups is 1. The van der Waals surface area contributed by atoms with Crippen molar-refractivity contribution in [1.82, 2.24) is 5.32 Å². The minimum Gasteiger partial charge on any atom is -1.00 e. The van der Waals surface area contributed by atoms with Gasteiger partial charge in [0, 0.05) is 7.92 Å². The predicted molar refractivity (Wildman–Crippen MR) is 221 cm³/mol. The fourth-order valence-electron chi connectivity index (χ4n) is 6.44. The molecule has 1 N–H and O–H groups in total. The SMILES string of the molecule is C=C1CC[C@@](CO[C@H](C)c2cc(C(F)(F)F)cc(C(F)(F)F)c2)(c2ccccc2)NC1.CP(Br)(c1ccccc1)(c1ccccc1)c1ccccc1.[2H]CS.[H-].[K+]. The van der Waals surface area contributed by atoms with Crippen molar-refractivity contribution in [3.8, 4) is 0 Å². The van der Waals surface area contributed by atoms with Gasteiger partial charge in [-0.1, -0.05) is 42.5 Å². The van der Waals surface area contributed by atoms with Crippen LogP contribution in [0.1, 0.15) is 50.9 Å². The number of rotatable bonds is 8. The Kier molecular flexibility index (Phi) is 16.9. The van der Waals surface area contributed by atoms with Crippen LogP contribution in [0.4, 0.5) is 26.3 Å². The molecule has 0 aliphatic carbocycles. The van der Waals surface area contributed by atoms with Gasteiger partial charge in [-0.05, 0) is 55.3 Å².